The first-order valence-corrected chi connectivity index (χ1v) is 36.4. The first kappa shape index (κ1) is 62.5. The van der Waals surface area contributed by atoms with Gasteiger partial charge >= 0.3 is 0 Å². The third-order valence-electron chi connectivity index (χ3n) is 16.0. The molecule has 0 saturated heterocycles. The molecular weight excluding hydrogens is 893 g/mol. The summed E-state index contributed by atoms with van der Waals surface area (Å²) in [6.07, 6.45) is 65.8. The van der Waals surface area contributed by atoms with Crippen LogP contribution in [0.15, 0.2) is 60.7 Å². The molecule has 0 spiro atoms. The Morgan fingerprint density at radius 1 is 0.324 bits per heavy atom. The first-order valence-electron chi connectivity index (χ1n) is 30.7. The van der Waals surface area contributed by atoms with Crippen LogP contribution in [0.25, 0.3) is 0 Å². The minimum absolute atomic E-state index is 0.169. The second kappa shape index (κ2) is 44.6. The Hall–Kier alpha value is 0.160. The zero-order chi connectivity index (χ0) is 48.4. The lowest BCUT2D eigenvalue weighted by molar-refractivity contribution is 0.508. The molecule has 68 heavy (non-hydrogen) atoms. The molecule has 0 heterocycles. The fourth-order valence-corrected chi connectivity index (χ4v) is 21.8. The van der Waals surface area contributed by atoms with E-state index in [0.717, 1.165) is 22.6 Å². The summed E-state index contributed by atoms with van der Waals surface area (Å²) in [7, 11) is 3.50. The Morgan fingerprint density at radius 3 is 0.882 bits per heavy atom. The summed E-state index contributed by atoms with van der Waals surface area (Å²) < 4.78 is 0. The van der Waals surface area contributed by atoms with Crippen molar-refractivity contribution in [2.75, 3.05) is 24.6 Å². The van der Waals surface area contributed by atoms with Gasteiger partial charge in [-0.05, 0) is 143 Å². The van der Waals surface area contributed by atoms with Crippen molar-refractivity contribution in [3.63, 3.8) is 0 Å². The van der Waals surface area contributed by atoms with E-state index in [-0.39, 0.29) is 7.92 Å². The molecule has 392 valence electrons. The molecule has 0 radical (unpaired) electrons. The molecule has 4 heteroatoms. The van der Waals surface area contributed by atoms with Gasteiger partial charge in [-0.3, -0.25) is 0 Å². The fourth-order valence-electron chi connectivity index (χ4n) is 11.7. The van der Waals surface area contributed by atoms with Crippen molar-refractivity contribution in [2.45, 2.75) is 307 Å². The molecule has 1 atom stereocenters. The van der Waals surface area contributed by atoms with Crippen LogP contribution in [-0.2, 0) is 0 Å². The summed E-state index contributed by atoms with van der Waals surface area (Å²) in [4.78, 5) is 0. The van der Waals surface area contributed by atoms with Crippen LogP contribution in [0.2, 0.25) is 0 Å². The molecule has 0 bridgehead atoms. The number of rotatable bonds is 29. The molecule has 4 saturated carbocycles. The van der Waals surface area contributed by atoms with Crippen LogP contribution in [0.4, 0.5) is 0 Å². The lowest BCUT2D eigenvalue weighted by Gasteiger charge is -2.31. The van der Waals surface area contributed by atoms with E-state index in [4.69, 9.17) is 0 Å². The summed E-state index contributed by atoms with van der Waals surface area (Å²) in [5, 5.41) is 3.10. The quantitative estimate of drug-likeness (QED) is 0.0563. The van der Waals surface area contributed by atoms with Crippen LogP contribution >= 0.6 is 33.0 Å². The van der Waals surface area contributed by atoms with Gasteiger partial charge in [0, 0.05) is 0 Å². The number of hydrogen-bond acceptors (Lipinski definition) is 0. The summed E-state index contributed by atoms with van der Waals surface area (Å²) in [5.74, 6) is 0. The highest BCUT2D eigenvalue weighted by Crippen LogP contribution is 2.51. The average Bonchev–Trinajstić information content (AvgIpc) is 3.39. The Labute approximate surface area is 433 Å². The molecular formula is C64H116P4. The van der Waals surface area contributed by atoms with Gasteiger partial charge in [-0.1, -0.05) is 268 Å². The van der Waals surface area contributed by atoms with E-state index in [1.54, 1.807) is 73.8 Å². The van der Waals surface area contributed by atoms with Crippen LogP contribution < -0.4 is 10.6 Å². The average molecular weight is 1010 g/mol. The van der Waals surface area contributed by atoms with E-state index in [9.17, 15) is 0 Å². The summed E-state index contributed by atoms with van der Waals surface area (Å²) >= 11 is 0. The highest BCUT2D eigenvalue weighted by molar-refractivity contribution is 7.73. The first-order chi connectivity index (χ1) is 33.6. The van der Waals surface area contributed by atoms with E-state index < -0.39 is 0 Å². The molecule has 6 rings (SSSR count). The lowest BCUT2D eigenvalue weighted by atomic mass is 10.0. The van der Waals surface area contributed by atoms with Crippen LogP contribution in [0.1, 0.15) is 285 Å². The summed E-state index contributed by atoms with van der Waals surface area (Å²) in [5.41, 5.74) is 4.15. The minimum Gasteiger partial charge on any atom is -0.134 e. The van der Waals surface area contributed by atoms with E-state index in [0.29, 0.717) is 15.8 Å². The number of hydrogen-bond donors (Lipinski definition) is 0. The Morgan fingerprint density at radius 2 is 0.588 bits per heavy atom. The molecule has 0 aliphatic heterocycles. The monoisotopic (exact) mass is 1010 g/mol. The van der Waals surface area contributed by atoms with E-state index in [1.165, 1.54) is 218 Å². The predicted molar refractivity (Wildman–Crippen MR) is 325 cm³/mol. The number of benzene rings is 2. The topological polar surface area (TPSA) is 0 Å². The van der Waals surface area contributed by atoms with E-state index in [2.05, 4.69) is 97.6 Å². The zero-order valence-electron chi connectivity index (χ0n) is 46.1. The standard InChI is InChI=1S/C22H45P.C18H21P.C18H37P.C6H13P/c1-3-5-7-9-11-16-20-23(22-18-14-13-15-19-22)21-17-12-10-8-6-4-2;1-4-10-16(11-5-1)19(17-12-6-2-7-13-17)18-14-8-3-9-15-18;1-3-5-7-12-16-19(17-13-8-6-4-2)18-14-10-9-11-15-18;7-6-4-2-1-3-5-6/h22H,3-21H2,1-2H3;1-2,4-7,10-13,18H,3,8-9,14-15H2;18H,3-17H2,1-2H3;6H,1-5,7H2. The summed E-state index contributed by atoms with van der Waals surface area (Å²) in [6, 6.07) is 22.3. The summed E-state index contributed by atoms with van der Waals surface area (Å²) in [6.45, 7) is 9.30. The predicted octanol–water partition coefficient (Wildman–Crippen LogP) is 22.1. The van der Waals surface area contributed by atoms with Gasteiger partial charge in [0.15, 0.2) is 0 Å². The molecule has 0 amide bonds. The van der Waals surface area contributed by atoms with Crippen molar-refractivity contribution in [3.05, 3.63) is 60.7 Å². The molecule has 4 aliphatic carbocycles. The highest BCUT2D eigenvalue weighted by atomic mass is 31.1. The van der Waals surface area contributed by atoms with Crippen molar-refractivity contribution in [3.8, 4) is 0 Å². The van der Waals surface area contributed by atoms with Crippen LogP contribution in [-0.4, -0.2) is 47.3 Å². The molecule has 2 aromatic carbocycles. The van der Waals surface area contributed by atoms with Crippen molar-refractivity contribution in [1.29, 1.82) is 0 Å². The SMILES string of the molecule is CCCCCCCCP(CCCCCCCC)C1CCCCC1.CCCCCCP(CCCCCC)C1CCCCC1.PC1CCCCC1.c1ccc(P(c2ccccc2)C2CCCCC2)cc1. The fraction of sp³-hybridized carbons (Fsp3) is 0.812. The molecule has 4 fully saturated rings. The second-order valence-electron chi connectivity index (χ2n) is 22.0. The van der Waals surface area contributed by atoms with Gasteiger partial charge in [-0.15, -0.1) is 25.1 Å². The van der Waals surface area contributed by atoms with Crippen molar-refractivity contribution < 1.29 is 0 Å². The van der Waals surface area contributed by atoms with Gasteiger partial charge in [-0.25, -0.2) is 0 Å². The van der Waals surface area contributed by atoms with Gasteiger partial charge in [-0.2, -0.15) is 0 Å². The van der Waals surface area contributed by atoms with Crippen molar-refractivity contribution >= 4 is 43.6 Å². The molecule has 4 aliphatic rings. The van der Waals surface area contributed by atoms with Crippen molar-refractivity contribution in [2.24, 2.45) is 0 Å². The highest BCUT2D eigenvalue weighted by Gasteiger charge is 2.26. The zero-order valence-corrected chi connectivity index (χ0v) is 50.0. The molecule has 2 aromatic rings. The van der Waals surface area contributed by atoms with Crippen LogP contribution in [0.5, 0.6) is 0 Å². The van der Waals surface area contributed by atoms with Crippen LogP contribution in [0.3, 0.4) is 0 Å². The molecule has 0 N–H and O–H groups in total. The molecule has 0 nitrogen and oxygen atoms in total. The third kappa shape index (κ3) is 30.4. The van der Waals surface area contributed by atoms with Gasteiger partial charge in [0.25, 0.3) is 0 Å². The van der Waals surface area contributed by atoms with Gasteiger partial charge in [0.1, 0.15) is 0 Å². The van der Waals surface area contributed by atoms with Crippen LogP contribution in [0, 0.1) is 0 Å². The Kier molecular flexibility index (Phi) is 41.0. The molecule has 0 aromatic heterocycles. The maximum absolute atomic E-state index is 2.91. The third-order valence-corrected chi connectivity index (χ3v) is 26.3. The van der Waals surface area contributed by atoms with Gasteiger partial charge < -0.3 is 0 Å². The Bertz CT molecular complexity index is 1240. The minimum atomic E-state index is -0.169. The lowest BCUT2D eigenvalue weighted by Crippen LogP contribution is -2.23. The maximum Gasteiger partial charge on any atom is -0.0129 e. The van der Waals surface area contributed by atoms with Gasteiger partial charge in [0.2, 0.25) is 0 Å². The van der Waals surface area contributed by atoms with E-state index in [1.807, 2.05) is 0 Å². The van der Waals surface area contributed by atoms with E-state index >= 15 is 0 Å². The maximum atomic E-state index is 2.91. The molecule has 1 unspecified atom stereocenters. The second-order valence-corrected chi connectivity index (χ2v) is 31.1. The Balaban J connectivity index is 0.000000252. The van der Waals surface area contributed by atoms with Crippen molar-refractivity contribution in [1.82, 2.24) is 0 Å². The normalized spacial score (nSPS) is 17.6. The largest absolute Gasteiger partial charge is 0.134 e. The smallest absolute Gasteiger partial charge is 0.0129 e. The number of unbranched alkanes of at least 4 members (excludes halogenated alkanes) is 16. The van der Waals surface area contributed by atoms with Gasteiger partial charge in [0.05, 0.1) is 0 Å².